The molecule has 0 amide bonds. The Morgan fingerprint density at radius 1 is 1.29 bits per heavy atom. The number of likely N-dealkylation sites (tertiary alicyclic amines) is 1. The number of fused-ring (bicyclic) bond motifs is 1. The lowest BCUT2D eigenvalue weighted by Crippen LogP contribution is -2.25. The molecule has 1 aromatic heterocycles. The van der Waals surface area contributed by atoms with Crippen LogP contribution in [0.4, 0.5) is 0 Å². The lowest BCUT2D eigenvalue weighted by molar-refractivity contribution is -0.139. The van der Waals surface area contributed by atoms with E-state index < -0.39 is 5.97 Å². The van der Waals surface area contributed by atoms with Crippen molar-refractivity contribution >= 4 is 17.3 Å². The molecule has 4 nitrogen and oxygen atoms in total. The van der Waals surface area contributed by atoms with Crippen LogP contribution in [-0.2, 0) is 11.3 Å². The Balaban J connectivity index is 1.39. The zero-order chi connectivity index (χ0) is 14.4. The molecule has 2 heterocycles. The topological polar surface area (TPSA) is 53.4 Å². The van der Waals surface area contributed by atoms with Crippen molar-refractivity contribution in [3.8, 4) is 10.6 Å². The first-order valence-corrected chi connectivity index (χ1v) is 8.05. The predicted molar refractivity (Wildman–Crippen MR) is 80.9 cm³/mol. The van der Waals surface area contributed by atoms with Crippen LogP contribution in [0, 0.1) is 17.8 Å². The molecule has 1 N–H and O–H groups in total. The second-order valence-corrected chi connectivity index (χ2v) is 6.75. The summed E-state index contributed by atoms with van der Waals surface area (Å²) < 4.78 is 0. The van der Waals surface area contributed by atoms with E-state index in [2.05, 4.69) is 22.4 Å². The Labute approximate surface area is 127 Å². The third kappa shape index (κ3) is 2.36. The Hall–Kier alpha value is -1.72. The van der Waals surface area contributed by atoms with Gasteiger partial charge in [0.25, 0.3) is 0 Å². The van der Waals surface area contributed by atoms with E-state index in [-0.39, 0.29) is 5.92 Å². The molecule has 2 aliphatic rings. The fraction of sp³-hybridized carbons (Fsp3) is 0.375. The van der Waals surface area contributed by atoms with Crippen LogP contribution in [0.25, 0.3) is 10.6 Å². The number of carbonyl (C=O) groups is 1. The Bertz CT molecular complexity index is 658. The van der Waals surface area contributed by atoms with E-state index in [1.54, 1.807) is 11.3 Å². The van der Waals surface area contributed by atoms with Gasteiger partial charge in [0.1, 0.15) is 5.01 Å². The molecular weight excluding hydrogens is 284 g/mol. The van der Waals surface area contributed by atoms with E-state index in [0.29, 0.717) is 11.8 Å². The van der Waals surface area contributed by atoms with Crippen molar-refractivity contribution in [1.29, 1.82) is 0 Å². The summed E-state index contributed by atoms with van der Waals surface area (Å²) in [6.07, 6.45) is 0. The van der Waals surface area contributed by atoms with Crippen LogP contribution in [0.3, 0.4) is 0 Å². The number of aliphatic carboxylic acids is 1. The highest BCUT2D eigenvalue weighted by Crippen LogP contribution is 2.51. The van der Waals surface area contributed by atoms with Gasteiger partial charge in [-0.3, -0.25) is 9.69 Å². The number of rotatable bonds is 4. The van der Waals surface area contributed by atoms with Crippen LogP contribution < -0.4 is 0 Å². The zero-order valence-electron chi connectivity index (χ0n) is 11.5. The fourth-order valence-electron chi connectivity index (χ4n) is 3.43. The highest BCUT2D eigenvalue weighted by molar-refractivity contribution is 7.13. The largest absolute Gasteiger partial charge is 0.481 e. The summed E-state index contributed by atoms with van der Waals surface area (Å²) in [6.45, 7) is 2.64. The number of nitrogens with zero attached hydrogens (tertiary/aromatic N) is 2. The third-order valence-electron chi connectivity index (χ3n) is 4.51. The van der Waals surface area contributed by atoms with Crippen molar-refractivity contribution < 1.29 is 9.90 Å². The third-order valence-corrected chi connectivity index (χ3v) is 5.45. The van der Waals surface area contributed by atoms with Crippen molar-refractivity contribution in [2.45, 2.75) is 6.54 Å². The van der Waals surface area contributed by atoms with E-state index in [9.17, 15) is 4.79 Å². The molecule has 3 atom stereocenters. The number of piperidine rings is 1. The van der Waals surface area contributed by atoms with Gasteiger partial charge in [-0.2, -0.15) is 0 Å². The van der Waals surface area contributed by atoms with Gasteiger partial charge in [-0.1, -0.05) is 30.3 Å². The average molecular weight is 300 g/mol. The summed E-state index contributed by atoms with van der Waals surface area (Å²) in [6, 6.07) is 10.2. The molecule has 1 aromatic carbocycles. The van der Waals surface area contributed by atoms with Crippen LogP contribution in [0.2, 0.25) is 0 Å². The number of aromatic nitrogens is 1. The van der Waals surface area contributed by atoms with Gasteiger partial charge in [-0.25, -0.2) is 4.98 Å². The molecule has 1 saturated carbocycles. The minimum atomic E-state index is -0.621. The minimum Gasteiger partial charge on any atom is -0.481 e. The molecule has 108 valence electrons. The van der Waals surface area contributed by atoms with Gasteiger partial charge in [0.2, 0.25) is 0 Å². The van der Waals surface area contributed by atoms with Crippen molar-refractivity contribution in [2.75, 3.05) is 13.1 Å². The van der Waals surface area contributed by atoms with Gasteiger partial charge in [0.05, 0.1) is 11.6 Å². The summed E-state index contributed by atoms with van der Waals surface area (Å²) in [5.74, 6) is 0.0331. The summed E-state index contributed by atoms with van der Waals surface area (Å²) in [5.41, 5.74) is 2.25. The lowest BCUT2D eigenvalue weighted by Gasteiger charge is -2.16. The molecule has 2 fully saturated rings. The second kappa shape index (κ2) is 4.93. The number of thiazole rings is 1. The Morgan fingerprint density at radius 3 is 2.67 bits per heavy atom. The standard InChI is InChI=1S/C16H16N2O2S/c19-16(20)14-12-7-18(8-13(12)14)6-11-9-21-15(17-11)10-4-2-1-3-5-10/h1-5,9,12-14H,6-8H2,(H,19,20)/t12-,13+,14?. The van der Waals surface area contributed by atoms with Crippen LogP contribution in [0.1, 0.15) is 5.69 Å². The highest BCUT2D eigenvalue weighted by Gasteiger charge is 2.59. The molecule has 2 aromatic rings. The molecule has 0 radical (unpaired) electrons. The van der Waals surface area contributed by atoms with Gasteiger partial charge in [-0.15, -0.1) is 11.3 Å². The molecule has 0 spiro atoms. The van der Waals surface area contributed by atoms with Crippen LogP contribution in [0.15, 0.2) is 35.7 Å². The lowest BCUT2D eigenvalue weighted by atomic mass is 10.2. The van der Waals surface area contributed by atoms with E-state index in [1.807, 2.05) is 18.2 Å². The normalized spacial score (nSPS) is 27.5. The maximum Gasteiger partial charge on any atom is 0.307 e. The molecule has 4 rings (SSSR count). The van der Waals surface area contributed by atoms with Crippen molar-refractivity contribution in [3.63, 3.8) is 0 Å². The number of hydrogen-bond acceptors (Lipinski definition) is 4. The quantitative estimate of drug-likeness (QED) is 0.943. The van der Waals surface area contributed by atoms with Gasteiger partial charge >= 0.3 is 5.97 Å². The Morgan fingerprint density at radius 2 is 2.00 bits per heavy atom. The summed E-state index contributed by atoms with van der Waals surface area (Å²) >= 11 is 1.67. The molecule has 21 heavy (non-hydrogen) atoms. The Kier molecular flexibility index (Phi) is 3.05. The second-order valence-electron chi connectivity index (χ2n) is 5.90. The number of carboxylic acids is 1. The first-order chi connectivity index (χ1) is 10.2. The SMILES string of the molecule is O=C(O)C1[C@H]2CN(Cc3csc(-c4ccccc4)n3)C[C@@H]12. The predicted octanol–water partition coefficient (Wildman–Crippen LogP) is 2.57. The molecule has 5 heteroatoms. The van der Waals surface area contributed by atoms with Gasteiger partial charge in [0.15, 0.2) is 0 Å². The van der Waals surface area contributed by atoms with E-state index >= 15 is 0 Å². The number of hydrogen-bond donors (Lipinski definition) is 1. The molecule has 1 unspecified atom stereocenters. The van der Waals surface area contributed by atoms with E-state index in [1.165, 1.54) is 0 Å². The zero-order valence-corrected chi connectivity index (χ0v) is 12.3. The maximum absolute atomic E-state index is 11.0. The van der Waals surface area contributed by atoms with Gasteiger partial charge < -0.3 is 5.11 Å². The summed E-state index contributed by atoms with van der Waals surface area (Å²) in [5, 5.41) is 12.2. The monoisotopic (exact) mass is 300 g/mol. The smallest absolute Gasteiger partial charge is 0.307 e. The fourth-order valence-corrected chi connectivity index (χ4v) is 4.25. The highest BCUT2D eigenvalue weighted by atomic mass is 32.1. The number of carboxylic acid groups (broad SMARTS) is 1. The summed E-state index contributed by atoms with van der Waals surface area (Å²) in [7, 11) is 0. The van der Waals surface area contributed by atoms with E-state index in [0.717, 1.165) is 35.9 Å². The minimum absolute atomic E-state index is 0.0865. The van der Waals surface area contributed by atoms with Gasteiger partial charge in [-0.05, 0) is 11.8 Å². The first-order valence-electron chi connectivity index (χ1n) is 7.17. The van der Waals surface area contributed by atoms with Crippen LogP contribution >= 0.6 is 11.3 Å². The van der Waals surface area contributed by atoms with Crippen molar-refractivity contribution in [1.82, 2.24) is 9.88 Å². The molecule has 1 aliphatic carbocycles. The average Bonchev–Trinajstić information content (AvgIpc) is 2.85. The molecule has 0 bridgehead atoms. The first kappa shape index (κ1) is 13.0. The maximum atomic E-state index is 11.0. The van der Waals surface area contributed by atoms with Crippen LogP contribution in [0.5, 0.6) is 0 Å². The summed E-state index contributed by atoms with van der Waals surface area (Å²) in [4.78, 5) is 18.0. The van der Waals surface area contributed by atoms with E-state index in [4.69, 9.17) is 10.1 Å². The number of benzene rings is 1. The molecule has 1 saturated heterocycles. The van der Waals surface area contributed by atoms with Gasteiger partial charge in [0, 0.05) is 30.6 Å². The van der Waals surface area contributed by atoms with Crippen molar-refractivity contribution in [3.05, 3.63) is 41.4 Å². The molecule has 1 aliphatic heterocycles. The molecular formula is C16H16N2O2S. The van der Waals surface area contributed by atoms with Crippen LogP contribution in [-0.4, -0.2) is 34.0 Å². The van der Waals surface area contributed by atoms with Crippen molar-refractivity contribution in [2.24, 2.45) is 17.8 Å².